The van der Waals surface area contributed by atoms with Gasteiger partial charge in [0.15, 0.2) is 5.16 Å². The molecular weight excluding hydrogens is 460 g/mol. The van der Waals surface area contributed by atoms with Gasteiger partial charge in [-0.3, -0.25) is 4.79 Å². The number of anilines is 1. The molecule has 2 aromatic carbocycles. The first kappa shape index (κ1) is 22.9. The molecule has 0 saturated heterocycles. The number of nitrogens with zero attached hydrogens (tertiary/aromatic N) is 3. The number of benzene rings is 2. The minimum atomic E-state index is -0.0358. The largest absolute Gasteiger partial charge is 0.325 e. The molecule has 1 aliphatic rings. The normalized spacial score (nSPS) is 14.2. The molecule has 5 rings (SSSR count). The van der Waals surface area contributed by atoms with Crippen LogP contribution in [0.5, 0.6) is 0 Å². The van der Waals surface area contributed by atoms with E-state index >= 15 is 0 Å². The maximum Gasteiger partial charge on any atom is 0.234 e. The molecule has 0 radical (unpaired) electrons. The van der Waals surface area contributed by atoms with Crippen LogP contribution in [0.1, 0.15) is 48.8 Å². The lowest BCUT2D eigenvalue weighted by Gasteiger charge is -2.25. The van der Waals surface area contributed by atoms with Gasteiger partial charge in [-0.05, 0) is 35.9 Å². The van der Waals surface area contributed by atoms with Crippen LogP contribution >= 0.6 is 23.1 Å². The van der Waals surface area contributed by atoms with E-state index in [4.69, 9.17) is 0 Å². The smallest absolute Gasteiger partial charge is 0.234 e. The highest BCUT2D eigenvalue weighted by Crippen LogP contribution is 2.34. The van der Waals surface area contributed by atoms with E-state index in [0.29, 0.717) is 11.8 Å². The second-order valence-electron chi connectivity index (χ2n) is 8.57. The minimum absolute atomic E-state index is 0.0358. The molecule has 174 valence electrons. The van der Waals surface area contributed by atoms with E-state index in [1.165, 1.54) is 35.9 Å². The summed E-state index contributed by atoms with van der Waals surface area (Å²) in [6, 6.07) is 22.7. The number of carbonyl (C=O) groups excluding carboxylic acids is 1. The molecule has 1 saturated carbocycles. The Balaban J connectivity index is 1.31. The highest BCUT2D eigenvalue weighted by Gasteiger charge is 2.24. The van der Waals surface area contributed by atoms with Crippen LogP contribution in [0.15, 0.2) is 77.3 Å². The lowest BCUT2D eigenvalue weighted by molar-refractivity contribution is -0.113. The molecule has 5 nitrogen and oxygen atoms in total. The Bertz CT molecular complexity index is 1210. The van der Waals surface area contributed by atoms with Crippen molar-refractivity contribution in [2.75, 3.05) is 11.1 Å². The van der Waals surface area contributed by atoms with Crippen LogP contribution in [-0.4, -0.2) is 26.4 Å². The van der Waals surface area contributed by atoms with Crippen molar-refractivity contribution in [1.82, 2.24) is 14.8 Å². The third kappa shape index (κ3) is 5.42. The molecule has 2 aromatic heterocycles. The average Bonchev–Trinajstić information content (AvgIpc) is 3.54. The van der Waals surface area contributed by atoms with E-state index in [2.05, 4.69) is 49.7 Å². The summed E-state index contributed by atoms with van der Waals surface area (Å²) in [5.41, 5.74) is 2.93. The van der Waals surface area contributed by atoms with Crippen molar-refractivity contribution in [2.24, 2.45) is 0 Å². The Hall–Kier alpha value is -2.90. The topological polar surface area (TPSA) is 59.8 Å². The fourth-order valence-electron chi connectivity index (χ4n) is 4.58. The van der Waals surface area contributed by atoms with E-state index < -0.39 is 0 Å². The number of carbonyl (C=O) groups is 1. The zero-order chi connectivity index (χ0) is 23.2. The molecule has 1 N–H and O–H groups in total. The van der Waals surface area contributed by atoms with Gasteiger partial charge in [-0.1, -0.05) is 85.6 Å². The maximum absolute atomic E-state index is 12.9. The average molecular weight is 489 g/mol. The Morgan fingerprint density at radius 3 is 2.56 bits per heavy atom. The first-order valence-electron chi connectivity index (χ1n) is 11.8. The number of hydrogen-bond acceptors (Lipinski definition) is 5. The molecule has 34 heavy (non-hydrogen) atoms. The number of amides is 1. The molecule has 0 unspecified atom stereocenters. The number of aromatic nitrogens is 3. The van der Waals surface area contributed by atoms with Gasteiger partial charge in [0.25, 0.3) is 0 Å². The Morgan fingerprint density at radius 2 is 1.76 bits per heavy atom. The molecule has 2 heterocycles. The summed E-state index contributed by atoms with van der Waals surface area (Å²) < 4.78 is 2.31. The van der Waals surface area contributed by atoms with E-state index in [1.54, 1.807) is 11.3 Å². The predicted molar refractivity (Wildman–Crippen MR) is 141 cm³/mol. The molecule has 0 bridgehead atoms. The number of thioether (sulfide) groups is 1. The van der Waals surface area contributed by atoms with Gasteiger partial charge >= 0.3 is 0 Å². The second kappa shape index (κ2) is 11.0. The van der Waals surface area contributed by atoms with Crippen molar-refractivity contribution in [2.45, 2.75) is 49.7 Å². The number of nitrogens with one attached hydrogen (secondary N) is 1. The van der Waals surface area contributed by atoms with E-state index in [-0.39, 0.29) is 5.91 Å². The van der Waals surface area contributed by atoms with Gasteiger partial charge in [0.2, 0.25) is 5.91 Å². The number of thiophene rings is 1. The molecule has 1 amide bonds. The first-order valence-corrected chi connectivity index (χ1v) is 13.7. The van der Waals surface area contributed by atoms with E-state index in [0.717, 1.165) is 47.1 Å². The highest BCUT2D eigenvalue weighted by molar-refractivity contribution is 7.99. The van der Waals surface area contributed by atoms with E-state index in [1.807, 2.05) is 42.5 Å². The summed E-state index contributed by atoms with van der Waals surface area (Å²) in [7, 11) is 0. The summed E-state index contributed by atoms with van der Waals surface area (Å²) in [5, 5.41) is 15.1. The molecule has 0 atom stereocenters. The molecule has 0 spiro atoms. The van der Waals surface area contributed by atoms with Crippen LogP contribution in [0.2, 0.25) is 0 Å². The monoisotopic (exact) mass is 488 g/mol. The van der Waals surface area contributed by atoms with Crippen LogP contribution in [0, 0.1) is 0 Å². The number of rotatable bonds is 8. The van der Waals surface area contributed by atoms with Crippen molar-refractivity contribution in [3.63, 3.8) is 0 Å². The SMILES string of the molecule is O=C(CSc1nnc(Cc2cccs2)n1C1CCCCC1)Nc1ccccc1-c1ccccc1. The molecule has 4 aromatic rings. The summed E-state index contributed by atoms with van der Waals surface area (Å²) in [5.74, 6) is 1.27. The van der Waals surface area contributed by atoms with Gasteiger partial charge in [0.1, 0.15) is 5.82 Å². The Kier molecular flexibility index (Phi) is 7.41. The fraction of sp³-hybridized carbons (Fsp3) is 0.296. The second-order valence-corrected chi connectivity index (χ2v) is 10.5. The van der Waals surface area contributed by atoms with E-state index in [9.17, 15) is 4.79 Å². The third-order valence-electron chi connectivity index (χ3n) is 6.21. The lowest BCUT2D eigenvalue weighted by atomic mass is 9.95. The summed E-state index contributed by atoms with van der Waals surface area (Å²) in [6.07, 6.45) is 6.87. The van der Waals surface area contributed by atoms with Crippen LogP contribution in [0.4, 0.5) is 5.69 Å². The van der Waals surface area contributed by atoms with Crippen LogP contribution in [-0.2, 0) is 11.2 Å². The van der Waals surface area contributed by atoms with Crippen molar-refractivity contribution >= 4 is 34.7 Å². The van der Waals surface area contributed by atoms with Crippen LogP contribution in [0.3, 0.4) is 0 Å². The van der Waals surface area contributed by atoms with Gasteiger partial charge in [-0.15, -0.1) is 21.5 Å². The molecular formula is C27H28N4OS2. The van der Waals surface area contributed by atoms with Crippen molar-refractivity contribution < 1.29 is 4.79 Å². The quantitative estimate of drug-likeness (QED) is 0.276. The standard InChI is InChI=1S/C27H28N4OS2/c32-26(28-24-16-8-7-15-23(24)20-10-3-1-4-11-20)19-34-27-30-29-25(18-22-14-9-17-33-22)31(27)21-12-5-2-6-13-21/h1,3-4,7-11,14-17,21H,2,5-6,12-13,18-19H2,(H,28,32). The highest BCUT2D eigenvalue weighted by atomic mass is 32.2. The first-order chi connectivity index (χ1) is 16.8. The minimum Gasteiger partial charge on any atom is -0.325 e. The van der Waals surface area contributed by atoms with Gasteiger partial charge in [-0.25, -0.2) is 0 Å². The fourth-order valence-corrected chi connectivity index (χ4v) is 6.11. The predicted octanol–water partition coefficient (Wildman–Crippen LogP) is 6.83. The van der Waals surface area contributed by atoms with Gasteiger partial charge in [0, 0.05) is 28.6 Å². The van der Waals surface area contributed by atoms with Gasteiger partial charge in [0.05, 0.1) is 5.75 Å². The van der Waals surface area contributed by atoms with Gasteiger partial charge in [-0.2, -0.15) is 0 Å². The Morgan fingerprint density at radius 1 is 0.971 bits per heavy atom. The van der Waals surface area contributed by atoms with Crippen molar-refractivity contribution in [3.8, 4) is 11.1 Å². The summed E-state index contributed by atoms with van der Waals surface area (Å²) in [6.45, 7) is 0. The molecule has 1 aliphatic carbocycles. The van der Waals surface area contributed by atoms with Crippen molar-refractivity contribution in [3.05, 3.63) is 82.8 Å². The third-order valence-corrected chi connectivity index (χ3v) is 8.03. The zero-order valence-corrected chi connectivity index (χ0v) is 20.7. The lowest BCUT2D eigenvalue weighted by Crippen LogP contribution is -2.18. The van der Waals surface area contributed by atoms with Crippen LogP contribution < -0.4 is 5.32 Å². The van der Waals surface area contributed by atoms with Crippen molar-refractivity contribution in [1.29, 1.82) is 0 Å². The van der Waals surface area contributed by atoms with Crippen LogP contribution in [0.25, 0.3) is 11.1 Å². The molecule has 7 heteroatoms. The number of para-hydroxylation sites is 1. The maximum atomic E-state index is 12.9. The molecule has 1 fully saturated rings. The number of hydrogen-bond donors (Lipinski definition) is 1. The summed E-state index contributed by atoms with van der Waals surface area (Å²) >= 11 is 3.23. The Labute approximate surface area is 208 Å². The van der Waals surface area contributed by atoms with Gasteiger partial charge < -0.3 is 9.88 Å². The summed E-state index contributed by atoms with van der Waals surface area (Å²) in [4.78, 5) is 14.2. The zero-order valence-electron chi connectivity index (χ0n) is 19.0. The molecule has 0 aliphatic heterocycles.